The first-order valence-corrected chi connectivity index (χ1v) is 11.8. The molecule has 0 radical (unpaired) electrons. The molecule has 2 fully saturated rings. The van der Waals surface area contributed by atoms with Crippen LogP contribution in [0.3, 0.4) is 0 Å². The van der Waals surface area contributed by atoms with Gasteiger partial charge in [-0.3, -0.25) is 14.3 Å². The third-order valence-corrected chi connectivity index (χ3v) is 5.53. The summed E-state index contributed by atoms with van der Waals surface area (Å²) in [5.74, 6) is 0.912. The number of carbonyl (C=O) groups is 2. The van der Waals surface area contributed by atoms with Crippen molar-refractivity contribution in [3.8, 4) is 0 Å². The van der Waals surface area contributed by atoms with Crippen LogP contribution < -0.4 is 0 Å². The molecule has 1 saturated carbocycles. The number of carbonyl (C=O) groups excluding carboxylic acids is 2. The van der Waals surface area contributed by atoms with Crippen LogP contribution in [0.2, 0.25) is 0 Å². The molecule has 5 heteroatoms. The molecule has 1 saturated heterocycles. The van der Waals surface area contributed by atoms with Crippen molar-refractivity contribution in [1.82, 2.24) is 14.7 Å². The van der Waals surface area contributed by atoms with Gasteiger partial charge in [0.25, 0.3) is 0 Å². The Hall–Kier alpha value is -1.65. The second kappa shape index (κ2) is 15.2. The third-order valence-electron chi connectivity index (χ3n) is 5.53. The number of likely N-dealkylation sites (tertiary alicyclic amines) is 1. The average molecular weight is 408 g/mol. The number of amides is 1. The summed E-state index contributed by atoms with van der Waals surface area (Å²) in [7, 11) is 0. The van der Waals surface area contributed by atoms with Gasteiger partial charge in [0, 0.05) is 31.1 Å². The van der Waals surface area contributed by atoms with E-state index in [4.69, 9.17) is 0 Å². The Morgan fingerprint density at radius 2 is 1.34 bits per heavy atom. The zero-order valence-corrected chi connectivity index (χ0v) is 20.2. The maximum absolute atomic E-state index is 12.7. The molecule has 5 nitrogen and oxygen atoms in total. The van der Waals surface area contributed by atoms with E-state index in [1.54, 1.807) is 6.92 Å². The number of rotatable bonds is 3. The van der Waals surface area contributed by atoms with Gasteiger partial charge in [-0.1, -0.05) is 41.5 Å². The fourth-order valence-electron chi connectivity index (χ4n) is 3.99. The molecule has 1 aliphatic carbocycles. The summed E-state index contributed by atoms with van der Waals surface area (Å²) in [4.78, 5) is 26.2. The molecule has 3 rings (SSSR count). The Bertz CT molecular complexity index is 566. The average Bonchev–Trinajstić information content (AvgIpc) is 3.24. The highest BCUT2D eigenvalue weighted by atomic mass is 16.2. The van der Waals surface area contributed by atoms with Crippen molar-refractivity contribution < 1.29 is 9.59 Å². The van der Waals surface area contributed by atoms with Gasteiger partial charge < -0.3 is 4.90 Å². The number of Topliss-reactive ketones (excluding diaryl/α,β-unsaturated/α-hetero) is 1. The number of hydrogen-bond donors (Lipinski definition) is 0. The highest BCUT2D eigenvalue weighted by Crippen LogP contribution is 2.32. The molecule has 0 spiro atoms. The van der Waals surface area contributed by atoms with Gasteiger partial charge in [-0.15, -0.1) is 0 Å². The molecule has 0 aromatic carbocycles. The van der Waals surface area contributed by atoms with Gasteiger partial charge in [0.05, 0.1) is 12.2 Å². The van der Waals surface area contributed by atoms with Crippen molar-refractivity contribution in [3.63, 3.8) is 0 Å². The van der Waals surface area contributed by atoms with Gasteiger partial charge in [0.2, 0.25) is 5.91 Å². The molecule has 1 aromatic rings. The molecule has 0 unspecified atom stereocenters. The number of ketones is 1. The summed E-state index contributed by atoms with van der Waals surface area (Å²) in [5.41, 5.74) is 1.19. The molecule has 1 aromatic heterocycles. The highest BCUT2D eigenvalue weighted by molar-refractivity contribution is 5.81. The van der Waals surface area contributed by atoms with Crippen molar-refractivity contribution >= 4 is 11.7 Å². The van der Waals surface area contributed by atoms with Crippen molar-refractivity contribution in [2.24, 2.45) is 11.8 Å². The zero-order valence-electron chi connectivity index (χ0n) is 20.2. The van der Waals surface area contributed by atoms with Crippen LogP contribution in [0.25, 0.3) is 0 Å². The van der Waals surface area contributed by atoms with Crippen LogP contribution in [0, 0.1) is 18.8 Å². The van der Waals surface area contributed by atoms with Crippen molar-refractivity contribution in [2.45, 2.75) is 100.0 Å². The lowest BCUT2D eigenvalue weighted by Gasteiger charge is -2.36. The van der Waals surface area contributed by atoms with Crippen LogP contribution in [0.15, 0.2) is 12.4 Å². The number of nitrogens with zero attached hydrogens (tertiary/aromatic N) is 3. The summed E-state index contributed by atoms with van der Waals surface area (Å²) in [5, 5.41) is 4.41. The van der Waals surface area contributed by atoms with Crippen LogP contribution >= 0.6 is 0 Å². The maximum atomic E-state index is 12.7. The second-order valence-corrected chi connectivity index (χ2v) is 7.21. The monoisotopic (exact) mass is 407 g/mol. The van der Waals surface area contributed by atoms with Gasteiger partial charge in [-0.05, 0) is 57.9 Å². The molecule has 1 amide bonds. The largest absolute Gasteiger partial charge is 0.342 e. The fourth-order valence-corrected chi connectivity index (χ4v) is 3.99. The molecular weight excluding hydrogens is 362 g/mol. The zero-order chi connectivity index (χ0) is 22.4. The minimum Gasteiger partial charge on any atom is -0.342 e. The molecule has 0 bridgehead atoms. The van der Waals surface area contributed by atoms with Crippen LogP contribution in [-0.4, -0.2) is 39.5 Å². The first kappa shape index (κ1) is 27.4. The third kappa shape index (κ3) is 8.31. The molecule has 2 aliphatic rings. The smallest absolute Gasteiger partial charge is 0.225 e. The maximum Gasteiger partial charge on any atom is 0.225 e. The van der Waals surface area contributed by atoms with Gasteiger partial charge in [-0.2, -0.15) is 5.10 Å². The van der Waals surface area contributed by atoms with Crippen LogP contribution in [-0.2, 0) is 9.59 Å². The molecule has 2 heterocycles. The van der Waals surface area contributed by atoms with Crippen molar-refractivity contribution in [2.75, 3.05) is 13.1 Å². The Balaban J connectivity index is 0.00000120. The van der Waals surface area contributed by atoms with E-state index in [9.17, 15) is 9.59 Å². The number of aryl methyl sites for hydroxylation is 1. The summed E-state index contributed by atoms with van der Waals surface area (Å²) in [6, 6.07) is 0.418. The van der Waals surface area contributed by atoms with E-state index >= 15 is 0 Å². The van der Waals surface area contributed by atoms with Gasteiger partial charge in [0.1, 0.15) is 5.78 Å². The van der Waals surface area contributed by atoms with Gasteiger partial charge in [-0.25, -0.2) is 0 Å². The van der Waals surface area contributed by atoms with E-state index in [-0.39, 0.29) is 17.6 Å². The van der Waals surface area contributed by atoms with Gasteiger partial charge >= 0.3 is 0 Å². The first-order valence-electron chi connectivity index (χ1n) is 11.8. The second-order valence-electron chi connectivity index (χ2n) is 7.21. The van der Waals surface area contributed by atoms with E-state index in [1.807, 2.05) is 52.6 Å². The van der Waals surface area contributed by atoms with E-state index < -0.39 is 0 Å². The number of piperidine rings is 1. The quantitative estimate of drug-likeness (QED) is 0.633. The van der Waals surface area contributed by atoms with Crippen LogP contribution in [0.5, 0.6) is 0 Å². The Morgan fingerprint density at radius 3 is 1.76 bits per heavy atom. The minimum atomic E-state index is 0.133. The predicted molar refractivity (Wildman–Crippen MR) is 122 cm³/mol. The standard InChI is InChI=1S/C18H27N3O2.3C2H6/c1-13-11-19-21(12-13)17-7-9-20(10-8-17)18(23)16-5-3-15(4-6-16)14(2)22;3*1-2/h11-12,15-17H,3-10H2,1-2H3;3*1-2H3. The van der Waals surface area contributed by atoms with E-state index in [2.05, 4.69) is 22.9 Å². The Kier molecular flexibility index (Phi) is 14.4. The normalized spacial score (nSPS) is 21.4. The first-order chi connectivity index (χ1) is 14.0. The van der Waals surface area contributed by atoms with E-state index in [0.717, 1.165) is 51.6 Å². The topological polar surface area (TPSA) is 55.2 Å². The highest BCUT2D eigenvalue weighted by Gasteiger charge is 2.32. The van der Waals surface area contributed by atoms with Crippen LogP contribution in [0.4, 0.5) is 0 Å². The Labute approximate surface area is 179 Å². The Morgan fingerprint density at radius 1 is 0.862 bits per heavy atom. The van der Waals surface area contributed by atoms with Crippen molar-refractivity contribution in [3.05, 3.63) is 18.0 Å². The predicted octanol–water partition coefficient (Wildman–Crippen LogP) is 5.83. The lowest BCUT2D eigenvalue weighted by Crippen LogP contribution is -2.43. The van der Waals surface area contributed by atoms with Crippen molar-refractivity contribution in [1.29, 1.82) is 0 Å². The molecule has 29 heavy (non-hydrogen) atoms. The minimum absolute atomic E-state index is 0.133. The summed E-state index contributed by atoms with van der Waals surface area (Å²) < 4.78 is 2.05. The summed E-state index contributed by atoms with van der Waals surface area (Å²) in [6.07, 6.45) is 9.47. The molecule has 0 N–H and O–H groups in total. The lowest BCUT2D eigenvalue weighted by molar-refractivity contribution is -0.139. The van der Waals surface area contributed by atoms with Gasteiger partial charge in [0.15, 0.2) is 0 Å². The summed E-state index contributed by atoms with van der Waals surface area (Å²) in [6.45, 7) is 17.4. The SMILES string of the molecule is CC.CC.CC.CC(=O)C1CCC(C(=O)N2CCC(n3cc(C)cn3)CC2)CC1. The molecule has 1 aliphatic heterocycles. The molecule has 0 atom stereocenters. The van der Waals surface area contributed by atoms with E-state index in [0.29, 0.717) is 11.9 Å². The molecular formula is C24H45N3O2. The van der Waals surface area contributed by atoms with Crippen LogP contribution in [0.1, 0.15) is 98.6 Å². The summed E-state index contributed by atoms with van der Waals surface area (Å²) >= 11 is 0. The van der Waals surface area contributed by atoms with E-state index in [1.165, 1.54) is 5.56 Å². The lowest BCUT2D eigenvalue weighted by atomic mass is 9.79. The molecule has 168 valence electrons. The fraction of sp³-hybridized carbons (Fsp3) is 0.792. The number of aromatic nitrogens is 2. The number of hydrogen-bond acceptors (Lipinski definition) is 3.